The molecule has 0 radical (unpaired) electrons. The van der Waals surface area contributed by atoms with Gasteiger partial charge in [0, 0.05) is 36.1 Å². The van der Waals surface area contributed by atoms with Crippen molar-refractivity contribution in [2.45, 2.75) is 12.8 Å². The fourth-order valence-corrected chi connectivity index (χ4v) is 1.72. The molecule has 0 aliphatic rings. The van der Waals surface area contributed by atoms with Gasteiger partial charge in [0.1, 0.15) is 0 Å². The van der Waals surface area contributed by atoms with E-state index in [9.17, 15) is 4.79 Å². The molecule has 0 saturated heterocycles. The normalized spacial score (nSPS) is 10.1. The third kappa shape index (κ3) is 4.85. The fourth-order valence-electron chi connectivity index (χ4n) is 1.60. The lowest BCUT2D eigenvalue weighted by Crippen LogP contribution is -2.13. The molecule has 0 aliphatic carbocycles. The van der Waals surface area contributed by atoms with E-state index in [0.717, 1.165) is 5.69 Å². The quantitative estimate of drug-likeness (QED) is 0.803. The van der Waals surface area contributed by atoms with Crippen molar-refractivity contribution in [1.29, 1.82) is 0 Å². The summed E-state index contributed by atoms with van der Waals surface area (Å²) in [7, 11) is 0. The predicted octanol–water partition coefficient (Wildman–Crippen LogP) is 2.96. The summed E-state index contributed by atoms with van der Waals surface area (Å²) in [5.74, 6) is 0.550. The van der Waals surface area contributed by atoms with Gasteiger partial charge in [-0.1, -0.05) is 11.6 Å². The van der Waals surface area contributed by atoms with Crippen molar-refractivity contribution in [2.75, 3.05) is 17.2 Å². The number of aromatic nitrogens is 2. The van der Waals surface area contributed by atoms with Crippen molar-refractivity contribution in [3.63, 3.8) is 0 Å². The molecule has 0 atom stereocenters. The van der Waals surface area contributed by atoms with E-state index in [1.54, 1.807) is 42.7 Å². The number of hydrogen-bond acceptors (Lipinski definition) is 4. The van der Waals surface area contributed by atoms with Gasteiger partial charge in [-0.15, -0.1) is 0 Å². The number of nitrogens with zero attached hydrogens (tertiary/aromatic N) is 2. The second-order valence-electron chi connectivity index (χ2n) is 4.16. The minimum Gasteiger partial charge on any atom is -0.354 e. The lowest BCUT2D eigenvalue weighted by Gasteiger charge is -2.06. The number of carbonyl (C=O) groups is 1. The van der Waals surface area contributed by atoms with Crippen molar-refractivity contribution in [3.8, 4) is 0 Å². The highest BCUT2D eigenvalue weighted by molar-refractivity contribution is 6.30. The fraction of sp³-hybridized carbons (Fsp3) is 0.214. The van der Waals surface area contributed by atoms with E-state index in [0.29, 0.717) is 30.4 Å². The molecular weight excluding hydrogens is 276 g/mol. The van der Waals surface area contributed by atoms with Crippen LogP contribution in [0.3, 0.4) is 0 Å². The third-order valence-corrected chi connectivity index (χ3v) is 2.81. The molecule has 1 amide bonds. The highest BCUT2D eigenvalue weighted by atomic mass is 35.5. The van der Waals surface area contributed by atoms with E-state index in [1.165, 1.54) is 0 Å². The number of nitrogens with one attached hydrogen (secondary N) is 2. The van der Waals surface area contributed by atoms with Gasteiger partial charge in [0.25, 0.3) is 0 Å². The number of anilines is 2. The van der Waals surface area contributed by atoms with Crippen LogP contribution in [0.5, 0.6) is 0 Å². The first-order chi connectivity index (χ1) is 9.74. The summed E-state index contributed by atoms with van der Waals surface area (Å²) >= 11 is 5.78. The van der Waals surface area contributed by atoms with E-state index in [2.05, 4.69) is 20.6 Å². The average molecular weight is 291 g/mol. The molecule has 0 fully saturated rings. The summed E-state index contributed by atoms with van der Waals surface area (Å²) in [6.45, 7) is 0.651. The predicted molar refractivity (Wildman–Crippen MR) is 79.8 cm³/mol. The second-order valence-corrected chi connectivity index (χ2v) is 4.59. The average Bonchev–Trinajstić information content (AvgIpc) is 2.47. The van der Waals surface area contributed by atoms with Gasteiger partial charge in [-0.2, -0.15) is 0 Å². The molecule has 20 heavy (non-hydrogen) atoms. The highest BCUT2D eigenvalue weighted by Crippen LogP contribution is 2.13. The standard InChI is InChI=1S/C14H15ClN4O/c15-11-4-6-12(7-5-11)19-13(20)3-1-8-16-14-17-9-2-10-18-14/h2,4-7,9-10H,1,3,8H2,(H,19,20)(H,16,17,18). The molecular formula is C14H15ClN4O. The maximum atomic E-state index is 11.7. The Morgan fingerprint density at radius 3 is 2.55 bits per heavy atom. The van der Waals surface area contributed by atoms with Crippen LogP contribution >= 0.6 is 11.6 Å². The Morgan fingerprint density at radius 2 is 1.85 bits per heavy atom. The largest absolute Gasteiger partial charge is 0.354 e. The first-order valence-corrected chi connectivity index (χ1v) is 6.68. The van der Waals surface area contributed by atoms with Crippen LogP contribution in [0.1, 0.15) is 12.8 Å². The Hall–Kier alpha value is -2.14. The first kappa shape index (κ1) is 14.3. The highest BCUT2D eigenvalue weighted by Gasteiger charge is 2.02. The molecule has 0 bridgehead atoms. The minimum atomic E-state index is -0.0249. The molecule has 5 nitrogen and oxygen atoms in total. The topological polar surface area (TPSA) is 66.9 Å². The summed E-state index contributed by atoms with van der Waals surface area (Å²) in [6.07, 6.45) is 4.48. The van der Waals surface area contributed by atoms with E-state index in [-0.39, 0.29) is 5.91 Å². The number of rotatable bonds is 6. The Bertz CT molecular complexity index is 545. The minimum absolute atomic E-state index is 0.0249. The maximum absolute atomic E-state index is 11.7. The summed E-state index contributed by atoms with van der Waals surface area (Å²) < 4.78 is 0. The summed E-state index contributed by atoms with van der Waals surface area (Å²) in [4.78, 5) is 19.8. The van der Waals surface area contributed by atoms with Crippen LogP contribution in [0.2, 0.25) is 5.02 Å². The van der Waals surface area contributed by atoms with Gasteiger partial charge in [-0.25, -0.2) is 9.97 Å². The molecule has 2 N–H and O–H groups in total. The van der Waals surface area contributed by atoms with Gasteiger partial charge in [0.2, 0.25) is 11.9 Å². The second kappa shape index (κ2) is 7.45. The van der Waals surface area contributed by atoms with Crippen molar-refractivity contribution >= 4 is 29.1 Å². The van der Waals surface area contributed by atoms with Gasteiger partial charge in [0.15, 0.2) is 0 Å². The monoisotopic (exact) mass is 290 g/mol. The van der Waals surface area contributed by atoms with Crippen molar-refractivity contribution in [3.05, 3.63) is 47.7 Å². The summed E-state index contributed by atoms with van der Waals surface area (Å²) in [6, 6.07) is 8.79. The van der Waals surface area contributed by atoms with Crippen molar-refractivity contribution < 1.29 is 4.79 Å². The zero-order chi connectivity index (χ0) is 14.2. The molecule has 104 valence electrons. The number of benzene rings is 1. The Kier molecular flexibility index (Phi) is 5.32. The number of amides is 1. The molecule has 2 aromatic rings. The van der Waals surface area contributed by atoms with Crippen LogP contribution in [0, 0.1) is 0 Å². The summed E-state index contributed by atoms with van der Waals surface area (Å²) in [5.41, 5.74) is 0.749. The van der Waals surface area contributed by atoms with Crippen molar-refractivity contribution in [2.24, 2.45) is 0 Å². The van der Waals surface area contributed by atoms with Crippen LogP contribution < -0.4 is 10.6 Å². The number of carbonyl (C=O) groups excluding carboxylic acids is 1. The molecule has 1 heterocycles. The zero-order valence-electron chi connectivity index (χ0n) is 10.8. The Morgan fingerprint density at radius 1 is 1.15 bits per heavy atom. The maximum Gasteiger partial charge on any atom is 0.224 e. The van der Waals surface area contributed by atoms with Gasteiger partial charge in [-0.05, 0) is 36.8 Å². The Balaban J connectivity index is 1.66. The molecule has 2 rings (SSSR count). The van der Waals surface area contributed by atoms with Crippen LogP contribution in [0.4, 0.5) is 11.6 Å². The molecule has 0 unspecified atom stereocenters. The van der Waals surface area contributed by atoms with Crippen LogP contribution in [-0.2, 0) is 4.79 Å². The lowest BCUT2D eigenvalue weighted by atomic mass is 10.2. The molecule has 6 heteroatoms. The van der Waals surface area contributed by atoms with Crippen LogP contribution in [0.15, 0.2) is 42.7 Å². The molecule has 1 aromatic carbocycles. The van der Waals surface area contributed by atoms with Gasteiger partial charge in [-0.3, -0.25) is 4.79 Å². The zero-order valence-corrected chi connectivity index (χ0v) is 11.6. The lowest BCUT2D eigenvalue weighted by molar-refractivity contribution is -0.116. The summed E-state index contributed by atoms with van der Waals surface area (Å²) in [5, 5.41) is 6.51. The number of halogens is 1. The van der Waals surface area contributed by atoms with Crippen LogP contribution in [0.25, 0.3) is 0 Å². The van der Waals surface area contributed by atoms with E-state index >= 15 is 0 Å². The van der Waals surface area contributed by atoms with Gasteiger partial charge < -0.3 is 10.6 Å². The number of hydrogen-bond donors (Lipinski definition) is 2. The van der Waals surface area contributed by atoms with E-state index in [4.69, 9.17) is 11.6 Å². The van der Waals surface area contributed by atoms with Gasteiger partial charge in [0.05, 0.1) is 0 Å². The first-order valence-electron chi connectivity index (χ1n) is 6.30. The van der Waals surface area contributed by atoms with Crippen LogP contribution in [-0.4, -0.2) is 22.4 Å². The van der Waals surface area contributed by atoms with E-state index < -0.39 is 0 Å². The smallest absolute Gasteiger partial charge is 0.224 e. The van der Waals surface area contributed by atoms with Crippen molar-refractivity contribution in [1.82, 2.24) is 9.97 Å². The molecule has 0 spiro atoms. The third-order valence-electron chi connectivity index (χ3n) is 2.56. The van der Waals surface area contributed by atoms with E-state index in [1.807, 2.05) is 0 Å². The SMILES string of the molecule is O=C(CCCNc1ncccn1)Nc1ccc(Cl)cc1. The molecule has 0 saturated carbocycles. The van der Waals surface area contributed by atoms with Gasteiger partial charge >= 0.3 is 0 Å². The Labute approximate surface area is 122 Å². The molecule has 1 aromatic heterocycles. The molecule has 0 aliphatic heterocycles.